The van der Waals surface area contributed by atoms with Crippen LogP contribution in [0.2, 0.25) is 0 Å². The molecule has 122 valence electrons. The Kier molecular flexibility index (Phi) is 5.91. The van der Waals surface area contributed by atoms with E-state index in [0.717, 1.165) is 0 Å². The molecule has 0 spiro atoms. The first kappa shape index (κ1) is 18.4. The van der Waals surface area contributed by atoms with Crippen molar-refractivity contribution >= 4 is 19.2 Å². The number of imide groups is 1. The van der Waals surface area contributed by atoms with E-state index in [-0.39, 0.29) is 13.0 Å². The second kappa shape index (κ2) is 7.07. The predicted octanol–water partition coefficient (Wildman–Crippen LogP) is 2.74. The maximum atomic E-state index is 12.4. The van der Waals surface area contributed by atoms with Crippen molar-refractivity contribution in [2.45, 2.75) is 25.8 Å². The van der Waals surface area contributed by atoms with Crippen LogP contribution in [-0.2, 0) is 20.7 Å². The first-order chi connectivity index (χ1) is 10.1. The van der Waals surface area contributed by atoms with E-state index in [1.807, 2.05) is 0 Å². The van der Waals surface area contributed by atoms with Crippen molar-refractivity contribution in [3.8, 4) is 0 Å². The van der Waals surface area contributed by atoms with Crippen LogP contribution in [0.3, 0.4) is 0 Å². The molecule has 0 heterocycles. The summed E-state index contributed by atoms with van der Waals surface area (Å²) in [6.07, 6.45) is -1.75. The molecule has 5 nitrogen and oxygen atoms in total. The highest BCUT2D eigenvalue weighted by Crippen LogP contribution is 2.57. The lowest BCUT2D eigenvalue weighted by Gasteiger charge is -2.22. The number of alkyl halides is 3. The van der Waals surface area contributed by atoms with Crippen LogP contribution in [0, 0.1) is 0 Å². The molecule has 2 amide bonds. The number of hydrogen-bond donors (Lipinski definition) is 1. The van der Waals surface area contributed by atoms with Gasteiger partial charge < -0.3 is 4.89 Å². The number of halogens is 3. The molecular weight excluding hydrogens is 322 g/mol. The van der Waals surface area contributed by atoms with Crippen LogP contribution in [0.1, 0.15) is 18.9 Å². The first-order valence-electron chi connectivity index (χ1n) is 6.34. The number of carbonyl (C=O) groups is 2. The molecule has 0 radical (unpaired) electrons. The highest BCUT2D eigenvalue weighted by atomic mass is 31.2. The van der Waals surface area contributed by atoms with E-state index in [1.165, 1.54) is 6.92 Å². The third kappa shape index (κ3) is 4.68. The van der Waals surface area contributed by atoms with E-state index in [9.17, 15) is 27.3 Å². The Morgan fingerprint density at radius 2 is 1.73 bits per heavy atom. The molecule has 1 atom stereocenters. The zero-order valence-electron chi connectivity index (χ0n) is 11.7. The average molecular weight is 337 g/mol. The molecule has 9 heteroatoms. The number of hydrogen-bond acceptors (Lipinski definition) is 3. The number of amides is 2. The lowest BCUT2D eigenvalue weighted by molar-refractivity contribution is -0.144. The van der Waals surface area contributed by atoms with Gasteiger partial charge in [-0.1, -0.05) is 37.3 Å². The summed E-state index contributed by atoms with van der Waals surface area (Å²) in [6, 6.07) is 8.15. The predicted molar refractivity (Wildman–Crippen MR) is 73.0 cm³/mol. The highest BCUT2D eigenvalue weighted by Gasteiger charge is 2.52. The van der Waals surface area contributed by atoms with Crippen LogP contribution in [-0.4, -0.2) is 33.7 Å². The van der Waals surface area contributed by atoms with E-state index in [2.05, 4.69) is 0 Å². The van der Waals surface area contributed by atoms with E-state index < -0.39 is 31.3 Å². The van der Waals surface area contributed by atoms with Gasteiger partial charge in [0.2, 0.25) is 11.8 Å². The minimum absolute atomic E-state index is 0.111. The second-order valence-electron chi connectivity index (χ2n) is 4.54. The summed E-state index contributed by atoms with van der Waals surface area (Å²) in [5, 5.41) is 0. The van der Waals surface area contributed by atoms with E-state index in [1.54, 1.807) is 30.3 Å². The fourth-order valence-corrected chi connectivity index (χ4v) is 2.35. The van der Waals surface area contributed by atoms with Crippen molar-refractivity contribution in [2.24, 2.45) is 0 Å². The number of rotatable bonds is 5. The molecule has 0 saturated heterocycles. The standard InChI is InChI=1S/C13H15F3NO4P/c1-2-11(18)17(8-10-6-4-3-5-7-10)12(19)9-22(20,21)13(14,15)16/h3-7H,2,8-9H2,1H3,(H,20,21). The molecular formula is C13H15F3NO4P. The lowest BCUT2D eigenvalue weighted by atomic mass is 10.2. The fourth-order valence-electron chi connectivity index (χ4n) is 1.63. The van der Waals surface area contributed by atoms with Crippen molar-refractivity contribution in [3.63, 3.8) is 0 Å². The molecule has 0 aliphatic rings. The quantitative estimate of drug-likeness (QED) is 0.839. The van der Waals surface area contributed by atoms with Crippen LogP contribution in [0.4, 0.5) is 13.2 Å². The maximum absolute atomic E-state index is 12.4. The van der Waals surface area contributed by atoms with Gasteiger partial charge in [-0.05, 0) is 5.56 Å². The fraction of sp³-hybridized carbons (Fsp3) is 0.385. The third-order valence-electron chi connectivity index (χ3n) is 2.83. The molecule has 1 N–H and O–H groups in total. The molecule has 0 aliphatic heterocycles. The summed E-state index contributed by atoms with van der Waals surface area (Å²) >= 11 is 0. The monoisotopic (exact) mass is 337 g/mol. The van der Waals surface area contributed by atoms with Crippen LogP contribution in [0.25, 0.3) is 0 Å². The van der Waals surface area contributed by atoms with Gasteiger partial charge in [0.1, 0.15) is 6.16 Å². The number of benzene rings is 1. The van der Waals surface area contributed by atoms with Crippen molar-refractivity contribution in [1.82, 2.24) is 4.90 Å². The molecule has 0 saturated carbocycles. The van der Waals surface area contributed by atoms with E-state index in [0.29, 0.717) is 10.5 Å². The van der Waals surface area contributed by atoms with Crippen molar-refractivity contribution < 1.29 is 32.2 Å². The van der Waals surface area contributed by atoms with Gasteiger partial charge in [0.05, 0.1) is 6.54 Å². The molecule has 0 aromatic heterocycles. The average Bonchev–Trinajstić information content (AvgIpc) is 2.43. The van der Waals surface area contributed by atoms with Crippen LogP contribution < -0.4 is 0 Å². The molecule has 1 aromatic carbocycles. The number of nitrogens with zero attached hydrogens (tertiary/aromatic N) is 1. The van der Waals surface area contributed by atoms with Gasteiger partial charge in [-0.2, -0.15) is 13.2 Å². The smallest absolute Gasteiger partial charge is 0.338 e. The summed E-state index contributed by atoms with van der Waals surface area (Å²) in [6.45, 7) is 1.19. The van der Waals surface area contributed by atoms with Gasteiger partial charge in [0.15, 0.2) is 0 Å². The van der Waals surface area contributed by atoms with Crippen molar-refractivity contribution in [1.29, 1.82) is 0 Å². The second-order valence-corrected chi connectivity index (χ2v) is 6.77. The molecule has 1 unspecified atom stereocenters. The van der Waals surface area contributed by atoms with Crippen molar-refractivity contribution in [2.75, 3.05) is 6.16 Å². The van der Waals surface area contributed by atoms with E-state index >= 15 is 0 Å². The molecule has 1 aromatic rings. The zero-order valence-corrected chi connectivity index (χ0v) is 12.6. The van der Waals surface area contributed by atoms with Gasteiger partial charge in [-0.15, -0.1) is 0 Å². The summed E-state index contributed by atoms with van der Waals surface area (Å²) in [5.41, 5.74) is 0.525. The summed E-state index contributed by atoms with van der Waals surface area (Å²) in [5.74, 6) is -7.43. The molecule has 0 aliphatic carbocycles. The Balaban J connectivity index is 2.96. The van der Waals surface area contributed by atoms with Crippen LogP contribution in [0.5, 0.6) is 0 Å². The summed E-state index contributed by atoms with van der Waals surface area (Å²) in [7, 11) is -5.68. The Morgan fingerprint density at radius 1 is 1.18 bits per heavy atom. The Hall–Kier alpha value is -1.66. The normalized spacial score (nSPS) is 14.2. The Labute approximate surface area is 125 Å². The first-order valence-corrected chi connectivity index (χ1v) is 8.18. The highest BCUT2D eigenvalue weighted by molar-refractivity contribution is 7.60. The molecule has 0 fully saturated rings. The molecule has 22 heavy (non-hydrogen) atoms. The zero-order chi connectivity index (χ0) is 17.0. The van der Waals surface area contributed by atoms with Crippen LogP contribution in [0.15, 0.2) is 30.3 Å². The largest absolute Gasteiger partial charge is 0.466 e. The minimum atomic E-state index is -5.68. The third-order valence-corrected chi connectivity index (χ3v) is 4.33. The Morgan fingerprint density at radius 3 is 2.18 bits per heavy atom. The maximum Gasteiger partial charge on any atom is 0.466 e. The SMILES string of the molecule is CCC(=O)N(Cc1ccccc1)C(=O)CP(=O)(O)C(F)(F)F. The van der Waals surface area contributed by atoms with E-state index in [4.69, 9.17) is 4.89 Å². The molecule has 1 rings (SSSR count). The summed E-state index contributed by atoms with van der Waals surface area (Å²) in [4.78, 5) is 33.2. The van der Waals surface area contributed by atoms with Gasteiger partial charge in [0.25, 0.3) is 0 Å². The summed E-state index contributed by atoms with van der Waals surface area (Å²) < 4.78 is 48.4. The van der Waals surface area contributed by atoms with Gasteiger partial charge >= 0.3 is 13.3 Å². The van der Waals surface area contributed by atoms with Gasteiger partial charge in [-0.25, -0.2) is 0 Å². The van der Waals surface area contributed by atoms with Gasteiger partial charge in [0, 0.05) is 6.42 Å². The topological polar surface area (TPSA) is 74.7 Å². The minimum Gasteiger partial charge on any atom is -0.338 e. The Bertz CT molecular complexity index is 589. The van der Waals surface area contributed by atoms with Crippen LogP contribution >= 0.6 is 7.37 Å². The van der Waals surface area contributed by atoms with Gasteiger partial charge in [-0.3, -0.25) is 19.1 Å². The molecule has 0 bridgehead atoms. The van der Waals surface area contributed by atoms with Crippen molar-refractivity contribution in [3.05, 3.63) is 35.9 Å². The lowest BCUT2D eigenvalue weighted by Crippen LogP contribution is -2.38. The number of carbonyl (C=O) groups excluding carboxylic acids is 2.